The number of carbonyl (C=O) groups excluding carboxylic acids is 1. The number of aromatic amines is 2. The molecule has 1 amide bonds. The van der Waals surface area contributed by atoms with Gasteiger partial charge in [0.25, 0.3) is 5.91 Å². The largest absolute Gasteiger partial charge is 0.549 e. The first-order valence-electron chi connectivity index (χ1n) is 9.19. The number of phenolic OH excluding ortho intramolecular Hbond substituents is 1. The van der Waals surface area contributed by atoms with Gasteiger partial charge in [-0.2, -0.15) is 13.5 Å². The zero-order valence-corrected chi connectivity index (χ0v) is 18.6. The summed E-state index contributed by atoms with van der Waals surface area (Å²) < 4.78 is 42.0. The maximum Gasteiger partial charge on any atom is 0.359 e. The van der Waals surface area contributed by atoms with Gasteiger partial charge in [0.2, 0.25) is 0 Å². The van der Waals surface area contributed by atoms with E-state index in [0.29, 0.717) is 11.5 Å². The standard InChI is InChI=1S/C15H18N4O4S.C2H2N2O3S/c1-10(2)7-18-8-12(6-16-18)11-3-4-13(14(20)5-11)19-9-15(21)17-24(19,22)23;5-1-2(6)4-8(7)3-1/h3-6,8,10,20H,7,9H2,1-2H3,(H,17,21);(H,3,5)(H,4,6). The average molecular weight is 485 g/mol. The van der Waals surface area contributed by atoms with Gasteiger partial charge in [-0.1, -0.05) is 19.9 Å². The minimum Gasteiger partial charge on any atom is -0.549 e. The van der Waals surface area contributed by atoms with Crippen molar-refractivity contribution in [3.8, 4) is 16.9 Å². The van der Waals surface area contributed by atoms with E-state index >= 15 is 0 Å². The number of amides is 1. The molecule has 1 fully saturated rings. The summed E-state index contributed by atoms with van der Waals surface area (Å²) in [6.45, 7) is 4.62. The molecule has 32 heavy (non-hydrogen) atoms. The lowest BCUT2D eigenvalue weighted by Gasteiger charge is -2.16. The maximum atomic E-state index is 11.9. The molecule has 0 unspecified atom stereocenters. The number of carbonyl (C=O) groups is 1. The van der Waals surface area contributed by atoms with Crippen LogP contribution in [0.15, 0.2) is 40.2 Å². The third-order valence-electron chi connectivity index (χ3n) is 4.16. The number of phenols is 1. The molecular formula is C17H20N6O7S2. The van der Waals surface area contributed by atoms with Crippen molar-refractivity contribution in [2.45, 2.75) is 20.4 Å². The fourth-order valence-electron chi connectivity index (χ4n) is 2.85. The van der Waals surface area contributed by atoms with Gasteiger partial charge in [-0.25, -0.2) is 9.03 Å². The van der Waals surface area contributed by atoms with E-state index in [-0.39, 0.29) is 18.0 Å². The van der Waals surface area contributed by atoms with Crippen LogP contribution in [0.1, 0.15) is 13.8 Å². The highest BCUT2D eigenvalue weighted by molar-refractivity contribution is 7.92. The van der Waals surface area contributed by atoms with Crippen LogP contribution in [0.3, 0.4) is 0 Å². The summed E-state index contributed by atoms with van der Waals surface area (Å²) in [6, 6.07) is 4.62. The normalized spacial score (nSPS) is 14.9. The van der Waals surface area contributed by atoms with Gasteiger partial charge in [-0.15, -0.1) is 8.75 Å². The van der Waals surface area contributed by atoms with Crippen molar-refractivity contribution in [2.24, 2.45) is 5.92 Å². The second-order valence-electron chi connectivity index (χ2n) is 7.22. The lowest BCUT2D eigenvalue weighted by Crippen LogP contribution is -2.29. The Morgan fingerprint density at radius 1 is 1.19 bits per heavy atom. The van der Waals surface area contributed by atoms with Crippen LogP contribution in [0, 0.1) is 5.92 Å². The van der Waals surface area contributed by atoms with Crippen LogP contribution < -0.4 is 20.1 Å². The van der Waals surface area contributed by atoms with Crippen molar-refractivity contribution < 1.29 is 22.9 Å². The van der Waals surface area contributed by atoms with Crippen LogP contribution >= 0.6 is 11.1 Å². The number of hydrogen-bond donors (Lipinski definition) is 4. The molecule has 0 radical (unpaired) electrons. The van der Waals surface area contributed by atoms with Crippen LogP contribution in [-0.2, 0) is 21.5 Å². The van der Waals surface area contributed by atoms with Crippen molar-refractivity contribution >= 4 is 32.9 Å². The third kappa shape index (κ3) is 5.24. The number of nitrogens with zero attached hydrogens (tertiary/aromatic N) is 3. The highest BCUT2D eigenvalue weighted by atomic mass is 32.2. The highest BCUT2D eigenvalue weighted by Crippen LogP contribution is 2.34. The smallest absolute Gasteiger partial charge is 0.359 e. The molecule has 4 N–H and O–H groups in total. The fourth-order valence-corrected chi connectivity index (χ4v) is 4.58. The lowest BCUT2D eigenvalue weighted by molar-refractivity contribution is -0.117. The molecular weight excluding hydrogens is 464 g/mol. The first-order valence-corrected chi connectivity index (χ1v) is 11.8. The number of H-pyrrole nitrogens is 2. The molecule has 0 atom stereocenters. The summed E-state index contributed by atoms with van der Waals surface area (Å²) in [5, 5.41) is 14.5. The van der Waals surface area contributed by atoms with Crippen molar-refractivity contribution in [1.82, 2.24) is 23.2 Å². The maximum absolute atomic E-state index is 11.9. The molecule has 172 valence electrons. The lowest BCUT2D eigenvalue weighted by atomic mass is 10.1. The van der Waals surface area contributed by atoms with Crippen molar-refractivity contribution in [1.29, 1.82) is 0 Å². The third-order valence-corrected chi connectivity index (χ3v) is 6.29. The molecule has 0 saturated carbocycles. The SMILES string of the molecule is CC(C)Cn1cc(-c2ccc(N3CC(=O)NS3(=O)=O)c(O)c2)cn1.O=c1[nH][s+]([O-])[nH]c1=O. The van der Waals surface area contributed by atoms with Crippen LogP contribution in [0.25, 0.3) is 11.1 Å². The molecule has 0 spiro atoms. The monoisotopic (exact) mass is 484 g/mol. The quantitative estimate of drug-likeness (QED) is 0.291. The molecule has 2 aromatic heterocycles. The molecule has 1 aliphatic heterocycles. The Kier molecular flexibility index (Phi) is 6.52. The number of aromatic hydroxyl groups is 1. The predicted molar refractivity (Wildman–Crippen MR) is 115 cm³/mol. The number of rotatable bonds is 4. The molecule has 13 nitrogen and oxygen atoms in total. The van der Waals surface area contributed by atoms with Gasteiger partial charge >= 0.3 is 21.3 Å². The van der Waals surface area contributed by atoms with Gasteiger partial charge in [-0.05, 0) is 23.6 Å². The zero-order valence-electron chi connectivity index (χ0n) is 16.9. The van der Waals surface area contributed by atoms with Crippen LogP contribution in [0.2, 0.25) is 0 Å². The Bertz CT molecular complexity index is 1320. The molecule has 0 bridgehead atoms. The average Bonchev–Trinajstić information content (AvgIpc) is 3.32. The topological polar surface area (TPSA) is 193 Å². The second-order valence-corrected chi connectivity index (χ2v) is 9.76. The van der Waals surface area contributed by atoms with E-state index in [1.54, 1.807) is 12.3 Å². The highest BCUT2D eigenvalue weighted by Gasteiger charge is 2.35. The number of hydrogen-bond acceptors (Lipinski definition) is 8. The molecule has 3 heterocycles. The predicted octanol–water partition coefficient (Wildman–Crippen LogP) is -0.116. The van der Waals surface area contributed by atoms with Gasteiger partial charge in [0.05, 0.1) is 11.9 Å². The summed E-state index contributed by atoms with van der Waals surface area (Å²) in [5.74, 6) is -0.392. The second kappa shape index (κ2) is 8.97. The Morgan fingerprint density at radius 3 is 2.31 bits per heavy atom. The van der Waals surface area contributed by atoms with Gasteiger partial charge in [0.15, 0.2) is 0 Å². The number of anilines is 1. The summed E-state index contributed by atoms with van der Waals surface area (Å²) in [7, 11) is -3.94. The minimum absolute atomic E-state index is 0.0617. The summed E-state index contributed by atoms with van der Waals surface area (Å²) in [4.78, 5) is 31.4. The van der Waals surface area contributed by atoms with Gasteiger partial charge in [0, 0.05) is 18.3 Å². The molecule has 4 rings (SSSR count). The van der Waals surface area contributed by atoms with Crippen molar-refractivity contribution in [3.63, 3.8) is 0 Å². The summed E-state index contributed by atoms with van der Waals surface area (Å²) in [5.41, 5.74) is -0.101. The molecule has 15 heteroatoms. The number of nitrogens with one attached hydrogen (secondary N) is 3. The molecule has 1 saturated heterocycles. The van der Waals surface area contributed by atoms with Crippen molar-refractivity contribution in [2.75, 3.05) is 10.8 Å². The molecule has 0 aliphatic carbocycles. The first-order chi connectivity index (χ1) is 15.0. The van der Waals surface area contributed by atoms with E-state index in [0.717, 1.165) is 16.4 Å². The Balaban J connectivity index is 0.000000305. The fraction of sp³-hybridized carbons (Fsp3) is 0.294. The van der Waals surface area contributed by atoms with E-state index in [1.807, 2.05) is 24.3 Å². The van der Waals surface area contributed by atoms with Gasteiger partial charge in [-0.3, -0.25) is 19.1 Å². The van der Waals surface area contributed by atoms with E-state index in [4.69, 9.17) is 0 Å². The zero-order chi connectivity index (χ0) is 23.6. The van der Waals surface area contributed by atoms with E-state index in [2.05, 4.69) is 18.9 Å². The molecule has 3 aromatic rings. The van der Waals surface area contributed by atoms with E-state index < -0.39 is 38.4 Å². The minimum atomic E-state index is -3.94. The Hall–Kier alpha value is -3.43. The van der Waals surface area contributed by atoms with Crippen molar-refractivity contribution in [3.05, 3.63) is 51.3 Å². The first kappa shape index (κ1) is 23.2. The van der Waals surface area contributed by atoms with Crippen LogP contribution in [0.4, 0.5) is 5.69 Å². The molecule has 1 aliphatic rings. The Labute approximate surface area is 184 Å². The van der Waals surface area contributed by atoms with Crippen LogP contribution in [0.5, 0.6) is 5.75 Å². The number of aromatic nitrogens is 4. The molecule has 1 aromatic carbocycles. The van der Waals surface area contributed by atoms with Crippen LogP contribution in [-0.4, -0.2) is 49.1 Å². The van der Waals surface area contributed by atoms with Gasteiger partial charge < -0.3 is 9.66 Å². The Morgan fingerprint density at radius 2 is 1.84 bits per heavy atom. The summed E-state index contributed by atoms with van der Waals surface area (Å²) >= 11 is -1.68. The summed E-state index contributed by atoms with van der Waals surface area (Å²) in [6.07, 6.45) is 3.56. The van der Waals surface area contributed by atoms with Gasteiger partial charge in [0.1, 0.15) is 23.4 Å². The van der Waals surface area contributed by atoms with E-state index in [1.165, 1.54) is 12.1 Å². The van der Waals surface area contributed by atoms with E-state index in [9.17, 15) is 32.5 Å². The number of benzene rings is 1.